The maximum absolute atomic E-state index is 12.8. The van der Waals surface area contributed by atoms with Crippen molar-refractivity contribution in [3.63, 3.8) is 0 Å². The van der Waals surface area contributed by atoms with Crippen LogP contribution in [0, 0.1) is 4.77 Å². The maximum Gasteiger partial charge on any atom is 0.337 e. The smallest absolute Gasteiger partial charge is 0.337 e. The molecule has 1 amide bonds. The van der Waals surface area contributed by atoms with Gasteiger partial charge in [-0.2, -0.15) is 0 Å². The van der Waals surface area contributed by atoms with Crippen LogP contribution in [-0.2, 0) is 20.8 Å². The van der Waals surface area contributed by atoms with Gasteiger partial charge in [0.2, 0.25) is 5.91 Å². The topological polar surface area (TPSA) is 106 Å². The van der Waals surface area contributed by atoms with Gasteiger partial charge < -0.3 is 19.8 Å². The Labute approximate surface area is 179 Å². The molecule has 9 nitrogen and oxygen atoms in total. The molecule has 1 fully saturated rings. The van der Waals surface area contributed by atoms with Crippen LogP contribution in [0.5, 0.6) is 0 Å². The molecular weight excluding hydrogens is 408 g/mol. The fraction of sp³-hybridized carbons (Fsp3) is 0.500. The summed E-state index contributed by atoms with van der Waals surface area (Å²) in [5.74, 6) is -0.620. The second kappa shape index (κ2) is 10.5. The number of H-pyrrole nitrogens is 1. The van der Waals surface area contributed by atoms with Crippen LogP contribution in [0.1, 0.15) is 23.2 Å². The van der Waals surface area contributed by atoms with Gasteiger partial charge in [0.15, 0.2) is 4.77 Å². The van der Waals surface area contributed by atoms with Crippen LogP contribution in [0.15, 0.2) is 23.0 Å². The molecule has 2 heterocycles. The number of benzene rings is 1. The SMILES string of the molecule is COC(=O)c1ccc2c(=O)n(CCC(=O)NCCCN3CCOCC3)c(=S)[nH]c2c1. The molecule has 1 aliphatic rings. The Morgan fingerprint density at radius 2 is 2.03 bits per heavy atom. The third kappa shape index (κ3) is 5.53. The average Bonchev–Trinajstić information content (AvgIpc) is 2.76. The summed E-state index contributed by atoms with van der Waals surface area (Å²) < 4.78 is 11.6. The molecule has 0 bridgehead atoms. The number of carbonyl (C=O) groups excluding carboxylic acids is 2. The van der Waals surface area contributed by atoms with E-state index in [0.717, 1.165) is 39.3 Å². The van der Waals surface area contributed by atoms with E-state index in [1.54, 1.807) is 6.07 Å². The van der Waals surface area contributed by atoms with Gasteiger partial charge in [0.1, 0.15) is 0 Å². The Bertz CT molecular complexity index is 1030. The standard InChI is InChI=1S/C20H26N4O5S/c1-28-19(27)14-3-4-15-16(13-14)22-20(30)24(18(15)26)8-5-17(25)21-6-2-7-23-9-11-29-12-10-23/h3-4,13H,2,5-12H2,1H3,(H,21,25)(H,22,30). The number of rotatable bonds is 8. The largest absolute Gasteiger partial charge is 0.465 e. The van der Waals surface area contributed by atoms with E-state index < -0.39 is 5.97 Å². The highest BCUT2D eigenvalue weighted by molar-refractivity contribution is 7.71. The Morgan fingerprint density at radius 1 is 1.27 bits per heavy atom. The van der Waals surface area contributed by atoms with E-state index in [9.17, 15) is 14.4 Å². The molecule has 10 heteroatoms. The van der Waals surface area contributed by atoms with Crippen LogP contribution in [0.3, 0.4) is 0 Å². The van der Waals surface area contributed by atoms with Crippen molar-refractivity contribution in [1.82, 2.24) is 19.8 Å². The summed E-state index contributed by atoms with van der Waals surface area (Å²) in [4.78, 5) is 41.9. The molecule has 1 saturated heterocycles. The van der Waals surface area contributed by atoms with Gasteiger partial charge in [0.05, 0.1) is 36.8 Å². The van der Waals surface area contributed by atoms with Crippen molar-refractivity contribution in [1.29, 1.82) is 0 Å². The summed E-state index contributed by atoms with van der Waals surface area (Å²) in [6.07, 6.45) is 1.02. The minimum Gasteiger partial charge on any atom is -0.465 e. The molecule has 1 aromatic heterocycles. The van der Waals surface area contributed by atoms with Gasteiger partial charge in [0, 0.05) is 32.6 Å². The highest BCUT2D eigenvalue weighted by Gasteiger charge is 2.12. The Balaban J connectivity index is 1.56. The predicted octanol–water partition coefficient (Wildman–Crippen LogP) is 1.07. The Morgan fingerprint density at radius 3 is 2.77 bits per heavy atom. The highest BCUT2D eigenvalue weighted by Crippen LogP contribution is 2.12. The first-order valence-corrected chi connectivity index (χ1v) is 10.3. The van der Waals surface area contributed by atoms with Crippen molar-refractivity contribution in [3.8, 4) is 0 Å². The lowest BCUT2D eigenvalue weighted by atomic mass is 10.1. The predicted molar refractivity (Wildman–Crippen MR) is 114 cm³/mol. The van der Waals surface area contributed by atoms with Gasteiger partial charge in [-0.15, -0.1) is 0 Å². The molecule has 1 aliphatic heterocycles. The number of carbonyl (C=O) groups is 2. The summed E-state index contributed by atoms with van der Waals surface area (Å²) in [5.41, 5.74) is 0.478. The summed E-state index contributed by atoms with van der Waals surface area (Å²) in [5, 5.41) is 3.28. The highest BCUT2D eigenvalue weighted by atomic mass is 32.1. The fourth-order valence-corrected chi connectivity index (χ4v) is 3.64. The van der Waals surface area contributed by atoms with Crippen molar-refractivity contribution in [3.05, 3.63) is 38.9 Å². The third-order valence-electron chi connectivity index (χ3n) is 5.04. The first kappa shape index (κ1) is 22.1. The number of morpholine rings is 1. The lowest BCUT2D eigenvalue weighted by Crippen LogP contribution is -2.38. The van der Waals surface area contributed by atoms with Gasteiger partial charge in [-0.3, -0.25) is 19.1 Å². The summed E-state index contributed by atoms with van der Waals surface area (Å²) in [6, 6.07) is 4.61. The van der Waals surface area contributed by atoms with E-state index in [2.05, 4.69) is 15.2 Å². The lowest BCUT2D eigenvalue weighted by molar-refractivity contribution is -0.121. The number of amides is 1. The zero-order chi connectivity index (χ0) is 21.5. The second-order valence-corrected chi connectivity index (χ2v) is 7.43. The van der Waals surface area contributed by atoms with Gasteiger partial charge in [-0.25, -0.2) is 4.79 Å². The summed E-state index contributed by atoms with van der Waals surface area (Å²) in [6.45, 7) is 5.07. The van der Waals surface area contributed by atoms with Crippen LogP contribution in [-0.4, -0.2) is 72.8 Å². The first-order chi connectivity index (χ1) is 14.5. The molecule has 0 saturated carbocycles. The molecule has 0 unspecified atom stereocenters. The van der Waals surface area contributed by atoms with Crippen LogP contribution in [0.2, 0.25) is 0 Å². The summed E-state index contributed by atoms with van der Waals surface area (Å²) in [7, 11) is 1.29. The van der Waals surface area contributed by atoms with Crippen molar-refractivity contribution < 1.29 is 19.1 Å². The zero-order valence-electron chi connectivity index (χ0n) is 16.9. The number of nitrogens with zero attached hydrogens (tertiary/aromatic N) is 2. The van der Waals surface area contributed by atoms with E-state index in [1.165, 1.54) is 23.8 Å². The molecule has 30 heavy (non-hydrogen) atoms. The van der Waals surface area contributed by atoms with Crippen LogP contribution >= 0.6 is 12.2 Å². The first-order valence-electron chi connectivity index (χ1n) is 9.91. The molecule has 2 aromatic rings. The summed E-state index contributed by atoms with van der Waals surface area (Å²) >= 11 is 5.28. The minimum absolute atomic E-state index is 0.126. The van der Waals surface area contributed by atoms with E-state index in [-0.39, 0.29) is 29.2 Å². The number of hydrogen-bond donors (Lipinski definition) is 2. The molecule has 0 spiro atoms. The molecule has 1 aromatic carbocycles. The molecule has 2 N–H and O–H groups in total. The van der Waals surface area contributed by atoms with Crippen molar-refractivity contribution in [2.45, 2.75) is 19.4 Å². The molecule has 0 radical (unpaired) electrons. The number of aromatic amines is 1. The number of fused-ring (bicyclic) bond motifs is 1. The van der Waals surface area contributed by atoms with Gasteiger partial charge in [0.25, 0.3) is 5.56 Å². The Hall–Kier alpha value is -2.56. The monoisotopic (exact) mass is 434 g/mol. The maximum atomic E-state index is 12.8. The third-order valence-corrected chi connectivity index (χ3v) is 5.36. The number of esters is 1. The molecule has 0 atom stereocenters. The van der Waals surface area contributed by atoms with Crippen molar-refractivity contribution in [2.75, 3.05) is 46.5 Å². The van der Waals surface area contributed by atoms with E-state index in [4.69, 9.17) is 21.7 Å². The van der Waals surface area contributed by atoms with Crippen LogP contribution < -0.4 is 10.9 Å². The second-order valence-electron chi connectivity index (χ2n) is 7.05. The molecule has 3 rings (SSSR count). The van der Waals surface area contributed by atoms with Gasteiger partial charge >= 0.3 is 5.97 Å². The van der Waals surface area contributed by atoms with Gasteiger partial charge in [-0.05, 0) is 43.4 Å². The van der Waals surface area contributed by atoms with E-state index in [1.807, 2.05) is 0 Å². The average molecular weight is 435 g/mol. The van der Waals surface area contributed by atoms with Gasteiger partial charge in [-0.1, -0.05) is 0 Å². The van der Waals surface area contributed by atoms with Crippen LogP contribution in [0.25, 0.3) is 10.9 Å². The normalized spacial score (nSPS) is 14.6. The van der Waals surface area contributed by atoms with Crippen molar-refractivity contribution >= 4 is 35.0 Å². The zero-order valence-corrected chi connectivity index (χ0v) is 17.8. The molecular formula is C20H26N4O5S. The quantitative estimate of drug-likeness (QED) is 0.364. The number of methoxy groups -OCH3 is 1. The number of ether oxygens (including phenoxy) is 2. The molecule has 162 valence electrons. The van der Waals surface area contributed by atoms with E-state index >= 15 is 0 Å². The number of hydrogen-bond acceptors (Lipinski definition) is 7. The van der Waals surface area contributed by atoms with Crippen molar-refractivity contribution in [2.24, 2.45) is 0 Å². The van der Waals surface area contributed by atoms with E-state index in [0.29, 0.717) is 23.0 Å². The van der Waals surface area contributed by atoms with Crippen LogP contribution in [0.4, 0.5) is 0 Å². The fourth-order valence-electron chi connectivity index (χ4n) is 3.36. The molecule has 0 aliphatic carbocycles. The number of aromatic nitrogens is 2. The number of nitrogens with one attached hydrogen (secondary N) is 2. The lowest BCUT2D eigenvalue weighted by Gasteiger charge is -2.26. The minimum atomic E-state index is -0.495. The Kier molecular flexibility index (Phi) is 7.72.